The Kier molecular flexibility index (Phi) is 3.57. The molecule has 1 amide bonds. The van der Waals surface area contributed by atoms with E-state index in [0.717, 1.165) is 28.0 Å². The summed E-state index contributed by atoms with van der Waals surface area (Å²) in [5, 5.41) is 1.16. The van der Waals surface area contributed by atoms with Crippen LogP contribution in [-0.4, -0.2) is 16.6 Å². The van der Waals surface area contributed by atoms with E-state index >= 15 is 0 Å². The highest BCUT2D eigenvalue weighted by atomic mass is 16.5. The highest BCUT2D eigenvalue weighted by Crippen LogP contribution is 2.33. The van der Waals surface area contributed by atoms with Crippen LogP contribution in [0.2, 0.25) is 0 Å². The van der Waals surface area contributed by atoms with Crippen LogP contribution in [0.1, 0.15) is 35.5 Å². The molecule has 2 aromatic carbocycles. The van der Waals surface area contributed by atoms with Gasteiger partial charge in [0, 0.05) is 34.9 Å². The fraction of sp³-hybridized carbons (Fsp3) is 0.286. The number of ether oxygens (including phenoxy) is 1. The maximum atomic E-state index is 12.9. The molecule has 1 aliphatic heterocycles. The van der Waals surface area contributed by atoms with Crippen molar-refractivity contribution in [1.29, 1.82) is 0 Å². The molecule has 128 valence electrons. The monoisotopic (exact) mass is 334 g/mol. The number of amides is 1. The van der Waals surface area contributed by atoms with Crippen LogP contribution in [0.15, 0.2) is 42.5 Å². The number of carbonyl (C=O) groups is 1. The van der Waals surface area contributed by atoms with Crippen molar-refractivity contribution in [1.82, 2.24) is 4.57 Å². The van der Waals surface area contributed by atoms with E-state index in [1.165, 1.54) is 11.2 Å². The molecular formula is C21H22N2O2. The minimum absolute atomic E-state index is 0.0382. The second-order valence-corrected chi connectivity index (χ2v) is 6.96. The second kappa shape index (κ2) is 5.66. The van der Waals surface area contributed by atoms with Crippen LogP contribution in [0.25, 0.3) is 10.9 Å². The van der Waals surface area contributed by atoms with Crippen LogP contribution in [0.3, 0.4) is 0 Å². The molecule has 4 nitrogen and oxygen atoms in total. The normalized spacial score (nSPS) is 13.8. The summed E-state index contributed by atoms with van der Waals surface area (Å²) in [5.41, 5.74) is 5.11. The molecule has 4 rings (SSSR count). The lowest BCUT2D eigenvalue weighted by atomic mass is 10.1. The summed E-state index contributed by atoms with van der Waals surface area (Å²) >= 11 is 0. The molecule has 4 heteroatoms. The SMILES string of the molecule is Cc1cc2cc(N3Cc4ccc(OC(C)C)cc4C3=O)ccc2n1C. The zero-order chi connectivity index (χ0) is 17.7. The van der Waals surface area contributed by atoms with E-state index in [1.807, 2.05) is 43.0 Å². The Morgan fingerprint density at radius 1 is 1.08 bits per heavy atom. The van der Waals surface area contributed by atoms with Gasteiger partial charge in [0.15, 0.2) is 0 Å². The highest BCUT2D eigenvalue weighted by Gasteiger charge is 2.29. The zero-order valence-electron chi connectivity index (χ0n) is 15.0. The number of hydrogen-bond acceptors (Lipinski definition) is 2. The van der Waals surface area contributed by atoms with Crippen LogP contribution in [0.4, 0.5) is 5.69 Å². The van der Waals surface area contributed by atoms with Crippen LogP contribution in [-0.2, 0) is 13.6 Å². The Morgan fingerprint density at radius 3 is 2.64 bits per heavy atom. The minimum Gasteiger partial charge on any atom is -0.491 e. The summed E-state index contributed by atoms with van der Waals surface area (Å²) < 4.78 is 7.89. The average molecular weight is 334 g/mol. The van der Waals surface area contributed by atoms with Gasteiger partial charge in [-0.1, -0.05) is 6.07 Å². The zero-order valence-corrected chi connectivity index (χ0v) is 15.0. The Morgan fingerprint density at radius 2 is 1.88 bits per heavy atom. The largest absolute Gasteiger partial charge is 0.491 e. The lowest BCUT2D eigenvalue weighted by Crippen LogP contribution is -2.22. The van der Waals surface area contributed by atoms with Gasteiger partial charge in [0.25, 0.3) is 5.91 Å². The van der Waals surface area contributed by atoms with Gasteiger partial charge in [0.2, 0.25) is 0 Å². The Hall–Kier alpha value is -2.75. The lowest BCUT2D eigenvalue weighted by Gasteiger charge is -2.16. The molecule has 0 bridgehead atoms. The van der Waals surface area contributed by atoms with Crippen molar-refractivity contribution in [2.45, 2.75) is 33.4 Å². The summed E-state index contributed by atoms with van der Waals surface area (Å²) in [5.74, 6) is 0.786. The van der Waals surface area contributed by atoms with E-state index in [0.29, 0.717) is 6.54 Å². The van der Waals surface area contributed by atoms with Gasteiger partial charge >= 0.3 is 0 Å². The topological polar surface area (TPSA) is 34.5 Å². The molecule has 0 unspecified atom stereocenters. The molecule has 0 spiro atoms. The van der Waals surface area contributed by atoms with Gasteiger partial charge < -0.3 is 14.2 Å². The first-order valence-corrected chi connectivity index (χ1v) is 8.61. The summed E-state index contributed by atoms with van der Waals surface area (Å²) in [6, 6.07) is 14.2. The predicted molar refractivity (Wildman–Crippen MR) is 100 cm³/mol. The third-order valence-corrected chi connectivity index (χ3v) is 4.83. The fourth-order valence-electron chi connectivity index (χ4n) is 3.48. The molecule has 0 N–H and O–H groups in total. The van der Waals surface area contributed by atoms with E-state index in [-0.39, 0.29) is 12.0 Å². The van der Waals surface area contributed by atoms with Gasteiger partial charge in [0.1, 0.15) is 5.75 Å². The maximum Gasteiger partial charge on any atom is 0.259 e. The molecule has 1 aromatic heterocycles. The summed E-state index contributed by atoms with van der Waals surface area (Å²) in [6.07, 6.45) is 0.0920. The van der Waals surface area contributed by atoms with E-state index < -0.39 is 0 Å². The highest BCUT2D eigenvalue weighted by molar-refractivity contribution is 6.10. The van der Waals surface area contributed by atoms with Crippen molar-refractivity contribution in [2.24, 2.45) is 7.05 Å². The molecule has 0 atom stereocenters. The first-order chi connectivity index (χ1) is 11.9. The van der Waals surface area contributed by atoms with Gasteiger partial charge in [-0.2, -0.15) is 0 Å². The van der Waals surface area contributed by atoms with Crippen molar-refractivity contribution in [3.8, 4) is 5.75 Å². The van der Waals surface area contributed by atoms with Crippen molar-refractivity contribution in [3.05, 3.63) is 59.3 Å². The molecule has 2 heterocycles. The Bertz CT molecular complexity index is 985. The van der Waals surface area contributed by atoms with Gasteiger partial charge in [0.05, 0.1) is 12.6 Å². The number of fused-ring (bicyclic) bond motifs is 2. The number of nitrogens with zero attached hydrogens (tertiary/aromatic N) is 2. The third-order valence-electron chi connectivity index (χ3n) is 4.83. The summed E-state index contributed by atoms with van der Waals surface area (Å²) in [4.78, 5) is 14.7. The molecule has 1 aliphatic rings. The molecule has 0 saturated heterocycles. The van der Waals surface area contributed by atoms with Gasteiger partial charge in [-0.05, 0) is 62.7 Å². The first-order valence-electron chi connectivity index (χ1n) is 8.61. The van der Waals surface area contributed by atoms with Crippen molar-refractivity contribution in [2.75, 3.05) is 4.90 Å². The molecule has 25 heavy (non-hydrogen) atoms. The molecule has 0 saturated carbocycles. The molecular weight excluding hydrogens is 312 g/mol. The summed E-state index contributed by atoms with van der Waals surface area (Å²) in [7, 11) is 2.06. The van der Waals surface area contributed by atoms with E-state index in [2.05, 4.69) is 36.7 Å². The standard InChI is InChI=1S/C21H22N2O2/c1-13(2)25-18-7-5-15-12-23(21(24)19(15)11-18)17-6-8-20-16(10-17)9-14(3)22(20)4/h5-11,13H,12H2,1-4H3. The van der Waals surface area contributed by atoms with Crippen LogP contribution in [0.5, 0.6) is 5.75 Å². The molecule has 0 aliphatic carbocycles. The Labute approximate surface area is 147 Å². The Balaban J connectivity index is 1.69. The van der Waals surface area contributed by atoms with Crippen molar-refractivity contribution < 1.29 is 9.53 Å². The smallest absolute Gasteiger partial charge is 0.259 e. The van der Waals surface area contributed by atoms with Gasteiger partial charge in [-0.15, -0.1) is 0 Å². The molecule has 0 radical (unpaired) electrons. The number of aromatic nitrogens is 1. The van der Waals surface area contributed by atoms with Crippen LogP contribution < -0.4 is 9.64 Å². The van der Waals surface area contributed by atoms with Crippen LogP contribution in [0, 0.1) is 6.92 Å². The van der Waals surface area contributed by atoms with Gasteiger partial charge in [-0.3, -0.25) is 4.79 Å². The van der Waals surface area contributed by atoms with Crippen molar-refractivity contribution >= 4 is 22.5 Å². The maximum absolute atomic E-state index is 12.9. The molecule has 3 aromatic rings. The lowest BCUT2D eigenvalue weighted by molar-refractivity contribution is 0.0996. The average Bonchev–Trinajstić information content (AvgIpc) is 3.04. The van der Waals surface area contributed by atoms with Crippen molar-refractivity contribution in [3.63, 3.8) is 0 Å². The minimum atomic E-state index is 0.0382. The second-order valence-electron chi connectivity index (χ2n) is 6.96. The number of carbonyl (C=O) groups excluding carboxylic acids is 1. The fourth-order valence-corrected chi connectivity index (χ4v) is 3.48. The van der Waals surface area contributed by atoms with E-state index in [4.69, 9.17) is 4.74 Å². The number of benzene rings is 2. The number of hydrogen-bond donors (Lipinski definition) is 0. The quantitative estimate of drug-likeness (QED) is 0.710. The van der Waals surface area contributed by atoms with Crippen LogP contribution >= 0.6 is 0 Å². The predicted octanol–water partition coefficient (Wildman–Crippen LogP) is 4.43. The van der Waals surface area contributed by atoms with E-state index in [9.17, 15) is 4.79 Å². The third kappa shape index (κ3) is 2.58. The number of aryl methyl sites for hydroxylation is 2. The summed E-state index contributed by atoms with van der Waals surface area (Å²) in [6.45, 7) is 6.66. The number of rotatable bonds is 3. The van der Waals surface area contributed by atoms with E-state index in [1.54, 1.807) is 0 Å². The number of anilines is 1. The first kappa shape index (κ1) is 15.8. The molecule has 0 fully saturated rings. The van der Waals surface area contributed by atoms with Gasteiger partial charge in [-0.25, -0.2) is 0 Å².